The van der Waals surface area contributed by atoms with E-state index >= 15 is 0 Å². The number of aromatic amines is 1. The molecule has 0 aliphatic rings. The van der Waals surface area contributed by atoms with E-state index in [1.54, 1.807) is 18.3 Å². The molecule has 2 rings (SSSR count). The van der Waals surface area contributed by atoms with E-state index in [2.05, 4.69) is 16.2 Å². The molecule has 2 aromatic heterocycles. The molecular formula is C8H4N3. The molecule has 2 heterocycles. The van der Waals surface area contributed by atoms with Crippen molar-refractivity contribution in [1.82, 2.24) is 9.97 Å². The molecule has 3 nitrogen and oxygen atoms in total. The first kappa shape index (κ1) is 5.93. The zero-order chi connectivity index (χ0) is 7.68. The topological polar surface area (TPSA) is 52.5 Å². The number of H-pyrrole nitrogens is 1. The Morgan fingerprint density at radius 3 is 3.27 bits per heavy atom. The smallest absolute Gasteiger partial charge is 0.118 e. The van der Waals surface area contributed by atoms with Crippen LogP contribution in [0.1, 0.15) is 5.69 Å². The van der Waals surface area contributed by atoms with Gasteiger partial charge in [-0.05, 0) is 12.1 Å². The van der Waals surface area contributed by atoms with E-state index in [1.807, 2.05) is 6.07 Å². The number of hydrogen-bond acceptors (Lipinski definition) is 2. The van der Waals surface area contributed by atoms with E-state index in [4.69, 9.17) is 5.26 Å². The van der Waals surface area contributed by atoms with Crippen LogP contribution in [0.25, 0.3) is 10.9 Å². The SMILES string of the molecule is N#Cc1cc2c[c]ncc2[nH]1. The van der Waals surface area contributed by atoms with E-state index in [-0.39, 0.29) is 0 Å². The van der Waals surface area contributed by atoms with Crippen molar-refractivity contribution < 1.29 is 0 Å². The Morgan fingerprint density at radius 2 is 2.55 bits per heavy atom. The summed E-state index contributed by atoms with van der Waals surface area (Å²) in [5.74, 6) is 0. The molecule has 0 aromatic carbocycles. The molecule has 0 saturated carbocycles. The van der Waals surface area contributed by atoms with Crippen LogP contribution in [0.4, 0.5) is 0 Å². The third-order valence-corrected chi connectivity index (χ3v) is 1.49. The monoisotopic (exact) mass is 142 g/mol. The second-order valence-electron chi connectivity index (χ2n) is 2.20. The van der Waals surface area contributed by atoms with Crippen molar-refractivity contribution in [3.63, 3.8) is 0 Å². The lowest BCUT2D eigenvalue weighted by atomic mass is 10.3. The highest BCUT2D eigenvalue weighted by atomic mass is 14.7. The molecule has 1 radical (unpaired) electrons. The maximum Gasteiger partial charge on any atom is 0.118 e. The van der Waals surface area contributed by atoms with Crippen LogP contribution in [0.15, 0.2) is 18.3 Å². The Kier molecular flexibility index (Phi) is 1.13. The fourth-order valence-electron chi connectivity index (χ4n) is 0.982. The maximum absolute atomic E-state index is 8.53. The van der Waals surface area contributed by atoms with Crippen LogP contribution >= 0.6 is 0 Å². The Hall–Kier alpha value is -1.82. The predicted molar refractivity (Wildman–Crippen MR) is 39.6 cm³/mol. The zero-order valence-corrected chi connectivity index (χ0v) is 5.63. The average Bonchev–Trinajstić information content (AvgIpc) is 2.46. The molecule has 0 atom stereocenters. The van der Waals surface area contributed by atoms with Crippen LogP contribution in [0.5, 0.6) is 0 Å². The lowest BCUT2D eigenvalue weighted by molar-refractivity contribution is 1.31. The molecule has 11 heavy (non-hydrogen) atoms. The lowest BCUT2D eigenvalue weighted by Crippen LogP contribution is -1.71. The van der Waals surface area contributed by atoms with Gasteiger partial charge >= 0.3 is 0 Å². The van der Waals surface area contributed by atoms with Crippen molar-refractivity contribution in [1.29, 1.82) is 5.26 Å². The molecule has 0 saturated heterocycles. The normalized spacial score (nSPS) is 9.73. The van der Waals surface area contributed by atoms with Gasteiger partial charge in [-0.1, -0.05) is 0 Å². The fourth-order valence-corrected chi connectivity index (χ4v) is 0.982. The highest BCUT2D eigenvalue weighted by Gasteiger charge is 1.96. The third kappa shape index (κ3) is 0.849. The van der Waals surface area contributed by atoms with E-state index < -0.39 is 0 Å². The number of nitrogens with one attached hydrogen (secondary N) is 1. The van der Waals surface area contributed by atoms with Crippen LogP contribution < -0.4 is 0 Å². The summed E-state index contributed by atoms with van der Waals surface area (Å²) in [4.78, 5) is 6.70. The first-order valence-electron chi connectivity index (χ1n) is 3.15. The van der Waals surface area contributed by atoms with Gasteiger partial charge in [-0.2, -0.15) is 5.26 Å². The van der Waals surface area contributed by atoms with Gasteiger partial charge in [0.05, 0.1) is 17.9 Å². The van der Waals surface area contributed by atoms with Gasteiger partial charge in [-0.15, -0.1) is 0 Å². The number of nitriles is 1. The summed E-state index contributed by atoms with van der Waals surface area (Å²) >= 11 is 0. The molecule has 3 heteroatoms. The minimum absolute atomic E-state index is 0.557. The van der Waals surface area contributed by atoms with Crippen molar-refractivity contribution in [2.45, 2.75) is 0 Å². The molecule has 1 N–H and O–H groups in total. The quantitative estimate of drug-likeness (QED) is 0.601. The van der Waals surface area contributed by atoms with Gasteiger partial charge in [0.2, 0.25) is 0 Å². The highest BCUT2D eigenvalue weighted by molar-refractivity contribution is 5.79. The molecule has 0 spiro atoms. The molecule has 0 aliphatic carbocycles. The molecule has 0 amide bonds. The summed E-state index contributed by atoms with van der Waals surface area (Å²) in [6.45, 7) is 0. The van der Waals surface area contributed by atoms with Crippen molar-refractivity contribution in [3.8, 4) is 6.07 Å². The predicted octanol–water partition coefficient (Wildman–Crippen LogP) is 1.23. The van der Waals surface area contributed by atoms with Crippen LogP contribution in [-0.2, 0) is 0 Å². The second-order valence-corrected chi connectivity index (χ2v) is 2.20. The number of rotatable bonds is 0. The first-order valence-corrected chi connectivity index (χ1v) is 3.15. The average molecular weight is 142 g/mol. The third-order valence-electron chi connectivity index (χ3n) is 1.49. The van der Waals surface area contributed by atoms with Crippen LogP contribution in [0, 0.1) is 17.5 Å². The van der Waals surface area contributed by atoms with E-state index in [1.165, 1.54) is 0 Å². The van der Waals surface area contributed by atoms with Gasteiger partial charge in [0.25, 0.3) is 0 Å². The molecule has 2 aromatic rings. The van der Waals surface area contributed by atoms with E-state index in [9.17, 15) is 0 Å². The number of pyridine rings is 1. The summed E-state index contributed by atoms with van der Waals surface area (Å²) in [5.41, 5.74) is 1.43. The number of nitrogens with zero attached hydrogens (tertiary/aromatic N) is 2. The van der Waals surface area contributed by atoms with Gasteiger partial charge in [0.15, 0.2) is 0 Å². The molecule has 0 fully saturated rings. The number of hydrogen-bond donors (Lipinski definition) is 1. The summed E-state index contributed by atoms with van der Waals surface area (Å²) < 4.78 is 0. The van der Waals surface area contributed by atoms with Crippen LogP contribution in [0.2, 0.25) is 0 Å². The summed E-state index contributed by atoms with van der Waals surface area (Å²) in [6.07, 6.45) is 4.34. The minimum atomic E-state index is 0.557. The van der Waals surface area contributed by atoms with Crippen molar-refractivity contribution >= 4 is 10.9 Å². The Balaban J connectivity index is 2.81. The van der Waals surface area contributed by atoms with Crippen molar-refractivity contribution in [2.75, 3.05) is 0 Å². The largest absolute Gasteiger partial charge is 0.345 e. The Morgan fingerprint density at radius 1 is 1.64 bits per heavy atom. The van der Waals surface area contributed by atoms with Crippen molar-refractivity contribution in [3.05, 3.63) is 30.2 Å². The van der Waals surface area contributed by atoms with Gasteiger partial charge in [0.1, 0.15) is 11.8 Å². The highest BCUT2D eigenvalue weighted by Crippen LogP contribution is 2.11. The summed E-state index contributed by atoms with van der Waals surface area (Å²) in [7, 11) is 0. The number of aromatic nitrogens is 2. The Labute approximate surface area is 63.3 Å². The Bertz CT molecular complexity index is 389. The van der Waals surface area contributed by atoms with E-state index in [0.29, 0.717) is 5.69 Å². The number of fused-ring (bicyclic) bond motifs is 1. The second kappa shape index (κ2) is 2.10. The fraction of sp³-hybridized carbons (Fsp3) is 0. The van der Waals surface area contributed by atoms with Gasteiger partial charge < -0.3 is 4.98 Å². The molecule has 0 unspecified atom stereocenters. The van der Waals surface area contributed by atoms with Gasteiger partial charge in [-0.3, -0.25) is 4.98 Å². The molecule has 0 bridgehead atoms. The molecular weight excluding hydrogens is 138 g/mol. The van der Waals surface area contributed by atoms with Crippen LogP contribution in [0.3, 0.4) is 0 Å². The maximum atomic E-state index is 8.53. The lowest BCUT2D eigenvalue weighted by Gasteiger charge is -1.81. The van der Waals surface area contributed by atoms with Gasteiger partial charge in [-0.25, -0.2) is 0 Å². The van der Waals surface area contributed by atoms with Gasteiger partial charge in [0, 0.05) is 5.39 Å². The summed E-state index contributed by atoms with van der Waals surface area (Å²) in [6, 6.07) is 5.53. The minimum Gasteiger partial charge on any atom is -0.345 e. The standard InChI is InChI=1S/C8H4N3/c9-4-7-3-6-1-2-10-5-8(6)11-7/h1,3,5,11H. The zero-order valence-electron chi connectivity index (χ0n) is 5.63. The van der Waals surface area contributed by atoms with E-state index in [0.717, 1.165) is 10.9 Å². The molecule has 51 valence electrons. The van der Waals surface area contributed by atoms with Crippen molar-refractivity contribution in [2.24, 2.45) is 0 Å². The first-order chi connectivity index (χ1) is 5.40. The summed E-state index contributed by atoms with van der Waals surface area (Å²) in [5, 5.41) is 9.50. The van der Waals surface area contributed by atoms with Crippen LogP contribution in [-0.4, -0.2) is 9.97 Å². The molecule has 0 aliphatic heterocycles.